The lowest BCUT2D eigenvalue weighted by atomic mass is 10.2. The summed E-state index contributed by atoms with van der Waals surface area (Å²) in [5.41, 5.74) is 2.94. The van der Waals surface area contributed by atoms with Gasteiger partial charge in [0.1, 0.15) is 5.75 Å². The molecular formula is C22H17BrClN3O5S. The zero-order chi connectivity index (χ0) is 23.8. The van der Waals surface area contributed by atoms with Crippen LogP contribution in [0.1, 0.15) is 15.9 Å². The molecule has 0 fully saturated rings. The monoisotopic (exact) mass is 549 g/mol. The summed E-state index contributed by atoms with van der Waals surface area (Å²) in [7, 11) is -3.82. The Hall–Kier alpha value is -3.05. The van der Waals surface area contributed by atoms with Gasteiger partial charge in [0.15, 0.2) is 0 Å². The maximum absolute atomic E-state index is 12.4. The van der Waals surface area contributed by atoms with E-state index in [2.05, 4.69) is 31.2 Å². The van der Waals surface area contributed by atoms with Crippen LogP contribution in [0.5, 0.6) is 5.75 Å². The quantitative estimate of drug-likeness (QED) is 0.192. The Morgan fingerprint density at radius 3 is 2.42 bits per heavy atom. The van der Waals surface area contributed by atoms with E-state index in [0.717, 1.165) is 0 Å². The van der Waals surface area contributed by atoms with E-state index in [1.807, 2.05) is 0 Å². The molecule has 0 saturated heterocycles. The molecule has 0 bridgehead atoms. The number of rotatable bonds is 8. The molecule has 3 aromatic carbocycles. The number of amides is 1. The van der Waals surface area contributed by atoms with Gasteiger partial charge in [0.25, 0.3) is 5.91 Å². The Morgan fingerprint density at radius 1 is 1.03 bits per heavy atom. The molecule has 0 saturated carbocycles. The van der Waals surface area contributed by atoms with Gasteiger partial charge in [0.2, 0.25) is 10.0 Å². The summed E-state index contributed by atoms with van der Waals surface area (Å²) in [6, 6.07) is 18.8. The highest BCUT2D eigenvalue weighted by Crippen LogP contribution is 2.23. The second kappa shape index (κ2) is 11.2. The van der Waals surface area contributed by atoms with Crippen LogP contribution >= 0.6 is 27.5 Å². The van der Waals surface area contributed by atoms with Crippen molar-refractivity contribution in [2.75, 3.05) is 6.54 Å². The summed E-state index contributed by atoms with van der Waals surface area (Å²) < 4.78 is 32.6. The lowest BCUT2D eigenvalue weighted by molar-refractivity contribution is -0.119. The Kier molecular flexibility index (Phi) is 8.34. The van der Waals surface area contributed by atoms with Gasteiger partial charge >= 0.3 is 5.97 Å². The summed E-state index contributed by atoms with van der Waals surface area (Å²) in [4.78, 5) is 24.4. The SMILES string of the molecule is O=C(CNS(=O)(=O)c1ccccc1)NN=Cc1cc(Br)ccc1OC(=O)c1ccc(Cl)cc1. The van der Waals surface area contributed by atoms with Crippen LogP contribution in [0.3, 0.4) is 0 Å². The molecule has 0 atom stereocenters. The van der Waals surface area contributed by atoms with Crippen LogP contribution in [-0.2, 0) is 14.8 Å². The second-order valence-corrected chi connectivity index (χ2v) is 9.63. The number of sulfonamides is 1. The average molecular weight is 551 g/mol. The van der Waals surface area contributed by atoms with Crippen molar-refractivity contribution in [1.82, 2.24) is 10.1 Å². The van der Waals surface area contributed by atoms with E-state index in [4.69, 9.17) is 16.3 Å². The van der Waals surface area contributed by atoms with Crippen LogP contribution in [0.2, 0.25) is 5.02 Å². The average Bonchev–Trinajstić information content (AvgIpc) is 2.80. The summed E-state index contributed by atoms with van der Waals surface area (Å²) in [5, 5.41) is 4.31. The van der Waals surface area contributed by atoms with E-state index in [1.165, 1.54) is 30.5 Å². The van der Waals surface area contributed by atoms with E-state index >= 15 is 0 Å². The minimum Gasteiger partial charge on any atom is -0.422 e. The number of benzene rings is 3. The molecule has 1 amide bonds. The van der Waals surface area contributed by atoms with E-state index in [0.29, 0.717) is 20.6 Å². The smallest absolute Gasteiger partial charge is 0.343 e. The summed E-state index contributed by atoms with van der Waals surface area (Å²) in [5.74, 6) is -1.07. The molecule has 0 aliphatic carbocycles. The number of esters is 1. The van der Waals surface area contributed by atoms with Gasteiger partial charge < -0.3 is 4.74 Å². The number of carbonyl (C=O) groups excluding carboxylic acids is 2. The largest absolute Gasteiger partial charge is 0.422 e. The molecule has 8 nitrogen and oxygen atoms in total. The van der Waals surface area contributed by atoms with E-state index in [-0.39, 0.29) is 10.6 Å². The molecule has 0 aliphatic heterocycles. The van der Waals surface area contributed by atoms with Crippen molar-refractivity contribution in [2.45, 2.75) is 4.90 Å². The Bertz CT molecular complexity index is 1280. The fraction of sp³-hybridized carbons (Fsp3) is 0.0455. The fourth-order valence-electron chi connectivity index (χ4n) is 2.51. The Balaban J connectivity index is 1.62. The van der Waals surface area contributed by atoms with Crippen LogP contribution in [0.15, 0.2) is 87.3 Å². The predicted molar refractivity (Wildman–Crippen MR) is 128 cm³/mol. The molecule has 11 heteroatoms. The first-order chi connectivity index (χ1) is 15.7. The number of hydrogen-bond donors (Lipinski definition) is 2. The van der Waals surface area contributed by atoms with Gasteiger partial charge in [-0.2, -0.15) is 5.10 Å². The highest BCUT2D eigenvalue weighted by atomic mass is 79.9. The van der Waals surface area contributed by atoms with E-state index in [9.17, 15) is 18.0 Å². The molecule has 0 aliphatic rings. The number of hydrazone groups is 1. The summed E-state index contributed by atoms with van der Waals surface area (Å²) >= 11 is 9.16. The van der Waals surface area contributed by atoms with Gasteiger partial charge in [-0.1, -0.05) is 45.7 Å². The maximum atomic E-state index is 12.4. The van der Waals surface area contributed by atoms with Crippen molar-refractivity contribution in [3.63, 3.8) is 0 Å². The third-order valence-corrected chi connectivity index (χ3v) is 6.29. The second-order valence-electron chi connectivity index (χ2n) is 6.51. The van der Waals surface area contributed by atoms with Gasteiger partial charge in [-0.3, -0.25) is 4.79 Å². The van der Waals surface area contributed by atoms with Crippen LogP contribution in [-0.4, -0.2) is 33.1 Å². The van der Waals surface area contributed by atoms with E-state index < -0.39 is 28.4 Å². The minimum atomic E-state index is -3.82. The van der Waals surface area contributed by atoms with Gasteiger partial charge in [-0.15, -0.1) is 0 Å². The van der Waals surface area contributed by atoms with Crippen molar-refractivity contribution in [2.24, 2.45) is 5.10 Å². The molecule has 2 N–H and O–H groups in total. The molecule has 0 aromatic heterocycles. The number of carbonyl (C=O) groups is 2. The van der Waals surface area contributed by atoms with Crippen LogP contribution in [0.4, 0.5) is 0 Å². The zero-order valence-corrected chi connectivity index (χ0v) is 20.0. The number of hydrogen-bond acceptors (Lipinski definition) is 6. The third-order valence-electron chi connectivity index (χ3n) is 4.12. The van der Waals surface area contributed by atoms with Crippen LogP contribution in [0, 0.1) is 0 Å². The standard InChI is InChI=1S/C22H17BrClN3O5S/c23-17-8-11-20(32-22(29)15-6-9-18(24)10-7-15)16(12-17)13-25-27-21(28)14-26-33(30,31)19-4-2-1-3-5-19/h1-13,26H,14H2,(H,27,28). The minimum absolute atomic E-state index is 0.0441. The topological polar surface area (TPSA) is 114 Å². The first-order valence-corrected chi connectivity index (χ1v) is 12.0. The van der Waals surface area contributed by atoms with Crippen molar-refractivity contribution in [3.8, 4) is 5.75 Å². The Morgan fingerprint density at radius 2 is 1.73 bits per heavy atom. The normalized spacial score (nSPS) is 11.3. The molecule has 3 rings (SSSR count). The summed E-state index contributed by atoms with van der Waals surface area (Å²) in [6.07, 6.45) is 1.28. The molecule has 0 radical (unpaired) electrons. The number of nitrogens with one attached hydrogen (secondary N) is 2. The highest BCUT2D eigenvalue weighted by molar-refractivity contribution is 9.10. The lowest BCUT2D eigenvalue weighted by Gasteiger charge is -2.08. The predicted octanol–water partition coefficient (Wildman–Crippen LogP) is 3.75. The number of halogens is 2. The highest BCUT2D eigenvalue weighted by Gasteiger charge is 2.15. The molecule has 0 unspecified atom stereocenters. The number of nitrogens with zero attached hydrogens (tertiary/aromatic N) is 1. The molecular weight excluding hydrogens is 534 g/mol. The Labute approximate surface area is 203 Å². The number of ether oxygens (including phenoxy) is 1. The summed E-state index contributed by atoms with van der Waals surface area (Å²) in [6.45, 7) is -0.508. The van der Waals surface area contributed by atoms with Crippen molar-refractivity contribution < 1.29 is 22.7 Å². The van der Waals surface area contributed by atoms with Crippen molar-refractivity contribution in [1.29, 1.82) is 0 Å². The maximum Gasteiger partial charge on any atom is 0.343 e. The fourth-order valence-corrected chi connectivity index (χ4v) is 4.02. The first-order valence-electron chi connectivity index (χ1n) is 9.38. The molecule has 0 heterocycles. The first kappa shape index (κ1) is 24.6. The zero-order valence-electron chi connectivity index (χ0n) is 16.9. The van der Waals surface area contributed by atoms with Crippen LogP contribution in [0.25, 0.3) is 0 Å². The molecule has 0 spiro atoms. The van der Waals surface area contributed by atoms with E-state index in [1.54, 1.807) is 48.5 Å². The van der Waals surface area contributed by atoms with Crippen molar-refractivity contribution >= 4 is 55.6 Å². The van der Waals surface area contributed by atoms with Gasteiger partial charge in [0.05, 0.1) is 23.2 Å². The van der Waals surface area contributed by atoms with Crippen LogP contribution < -0.4 is 14.9 Å². The third kappa shape index (κ3) is 7.22. The van der Waals surface area contributed by atoms with Gasteiger partial charge in [-0.25, -0.2) is 23.4 Å². The van der Waals surface area contributed by atoms with Gasteiger partial charge in [0, 0.05) is 15.1 Å². The molecule has 3 aromatic rings. The molecule has 33 heavy (non-hydrogen) atoms. The van der Waals surface area contributed by atoms with Crippen molar-refractivity contribution in [3.05, 3.63) is 93.4 Å². The lowest BCUT2D eigenvalue weighted by Crippen LogP contribution is -2.34. The molecule has 170 valence electrons. The van der Waals surface area contributed by atoms with Gasteiger partial charge in [-0.05, 0) is 54.6 Å².